The average Bonchev–Trinajstić information content (AvgIpc) is 2.09. The van der Waals surface area contributed by atoms with Gasteiger partial charge in [-0.1, -0.05) is 12.1 Å². The number of benzene rings is 1. The molecular weight excluding hydrogens is 173 g/mol. The van der Waals surface area contributed by atoms with E-state index in [9.17, 15) is 9.18 Å². The van der Waals surface area contributed by atoms with E-state index >= 15 is 0 Å². The lowest BCUT2D eigenvalue weighted by atomic mass is 10.2. The molecule has 2 aromatic rings. The highest BCUT2D eigenvalue weighted by Crippen LogP contribution is 2.16. The van der Waals surface area contributed by atoms with Gasteiger partial charge in [0.05, 0.1) is 0 Å². The minimum Gasteiger partial charge on any atom is -0.418 e. The van der Waals surface area contributed by atoms with Crippen molar-refractivity contribution in [2.45, 2.75) is 0 Å². The molecule has 0 aliphatic rings. The van der Waals surface area contributed by atoms with E-state index in [1.165, 1.54) is 18.2 Å². The number of anilines is 1. The van der Waals surface area contributed by atoms with Gasteiger partial charge in [-0.15, -0.1) is 0 Å². The number of hydrogen-bond acceptors (Lipinski definition) is 3. The molecule has 13 heavy (non-hydrogen) atoms. The number of fused-ring (bicyclic) bond motifs is 1. The summed E-state index contributed by atoms with van der Waals surface area (Å²) in [4.78, 5) is 10.9. The van der Waals surface area contributed by atoms with Crippen LogP contribution in [0.5, 0.6) is 0 Å². The SMILES string of the molecule is Nc1cc2cccc(F)c2oc1=O. The molecule has 4 heteroatoms. The third kappa shape index (κ3) is 1.16. The molecule has 3 nitrogen and oxygen atoms in total. The Morgan fingerprint density at radius 3 is 2.92 bits per heavy atom. The van der Waals surface area contributed by atoms with E-state index in [1.54, 1.807) is 6.07 Å². The van der Waals surface area contributed by atoms with Crippen LogP contribution in [0.15, 0.2) is 33.5 Å². The van der Waals surface area contributed by atoms with Crippen molar-refractivity contribution in [1.29, 1.82) is 0 Å². The lowest BCUT2D eigenvalue weighted by molar-refractivity contribution is 0.526. The maximum Gasteiger partial charge on any atom is 0.359 e. The Labute approximate surface area is 72.6 Å². The molecule has 66 valence electrons. The van der Waals surface area contributed by atoms with Gasteiger partial charge < -0.3 is 10.2 Å². The molecule has 0 aliphatic carbocycles. The second-order valence-corrected chi connectivity index (χ2v) is 2.65. The third-order valence-electron chi connectivity index (χ3n) is 1.74. The summed E-state index contributed by atoms with van der Waals surface area (Å²) in [5.74, 6) is -0.561. The van der Waals surface area contributed by atoms with E-state index in [0.29, 0.717) is 5.39 Å². The number of nitrogen functional groups attached to an aromatic ring is 1. The highest BCUT2D eigenvalue weighted by Gasteiger charge is 2.05. The molecule has 0 fully saturated rings. The van der Waals surface area contributed by atoms with Crippen molar-refractivity contribution in [2.24, 2.45) is 0 Å². The average molecular weight is 179 g/mol. The summed E-state index contributed by atoms with van der Waals surface area (Å²) in [6, 6.07) is 5.76. The van der Waals surface area contributed by atoms with E-state index in [4.69, 9.17) is 5.73 Å². The normalized spacial score (nSPS) is 10.5. The zero-order valence-corrected chi connectivity index (χ0v) is 6.58. The molecule has 0 aliphatic heterocycles. The van der Waals surface area contributed by atoms with Gasteiger partial charge in [0, 0.05) is 5.39 Å². The number of nitrogens with two attached hydrogens (primary N) is 1. The predicted octanol–water partition coefficient (Wildman–Crippen LogP) is 1.51. The Kier molecular flexibility index (Phi) is 1.55. The fourth-order valence-electron chi connectivity index (χ4n) is 1.12. The molecule has 0 spiro atoms. The van der Waals surface area contributed by atoms with Crippen LogP contribution < -0.4 is 11.4 Å². The molecule has 2 N–H and O–H groups in total. The minimum absolute atomic E-state index is 0.0156. The Morgan fingerprint density at radius 2 is 2.15 bits per heavy atom. The van der Waals surface area contributed by atoms with Gasteiger partial charge in [0.1, 0.15) is 5.69 Å². The molecule has 0 saturated carbocycles. The lowest BCUT2D eigenvalue weighted by Crippen LogP contribution is -2.05. The van der Waals surface area contributed by atoms with Crippen molar-refractivity contribution < 1.29 is 8.81 Å². The van der Waals surface area contributed by atoms with Crippen LogP contribution in [0.25, 0.3) is 11.0 Å². The Morgan fingerprint density at radius 1 is 1.38 bits per heavy atom. The van der Waals surface area contributed by atoms with Crippen molar-refractivity contribution in [2.75, 3.05) is 5.73 Å². The van der Waals surface area contributed by atoms with Crippen molar-refractivity contribution in [3.63, 3.8) is 0 Å². The van der Waals surface area contributed by atoms with Crippen molar-refractivity contribution >= 4 is 16.7 Å². The van der Waals surface area contributed by atoms with Crippen LogP contribution in [-0.2, 0) is 0 Å². The lowest BCUT2D eigenvalue weighted by Gasteiger charge is -1.97. The standard InChI is InChI=1S/C9H6FNO2/c10-6-3-1-2-5-4-7(11)9(12)13-8(5)6/h1-4H,11H2. The molecule has 0 radical (unpaired) electrons. The van der Waals surface area contributed by atoms with Gasteiger partial charge >= 0.3 is 5.63 Å². The minimum atomic E-state index is -0.711. The monoisotopic (exact) mass is 179 g/mol. The fourth-order valence-corrected chi connectivity index (χ4v) is 1.12. The zero-order valence-electron chi connectivity index (χ0n) is 6.58. The summed E-state index contributed by atoms with van der Waals surface area (Å²) in [6.45, 7) is 0. The first kappa shape index (κ1) is 7.79. The van der Waals surface area contributed by atoms with Gasteiger partial charge in [-0.3, -0.25) is 0 Å². The summed E-state index contributed by atoms with van der Waals surface area (Å²) in [5.41, 5.74) is 4.53. The molecule has 0 saturated heterocycles. The van der Waals surface area contributed by atoms with E-state index in [-0.39, 0.29) is 11.3 Å². The highest BCUT2D eigenvalue weighted by atomic mass is 19.1. The second kappa shape index (κ2) is 2.58. The number of hydrogen-bond donors (Lipinski definition) is 1. The van der Waals surface area contributed by atoms with Crippen molar-refractivity contribution in [3.05, 3.63) is 40.5 Å². The van der Waals surface area contributed by atoms with E-state index in [1.807, 2.05) is 0 Å². The maximum atomic E-state index is 13.0. The summed E-state index contributed by atoms with van der Waals surface area (Å²) < 4.78 is 17.7. The number of halogens is 1. The molecule has 0 amide bonds. The van der Waals surface area contributed by atoms with E-state index < -0.39 is 11.4 Å². The fraction of sp³-hybridized carbons (Fsp3) is 0. The molecular formula is C9H6FNO2. The van der Waals surface area contributed by atoms with Gasteiger partial charge in [-0.05, 0) is 12.1 Å². The molecule has 1 aromatic carbocycles. The smallest absolute Gasteiger partial charge is 0.359 e. The van der Waals surface area contributed by atoms with Gasteiger partial charge in [-0.25, -0.2) is 9.18 Å². The van der Waals surface area contributed by atoms with Crippen molar-refractivity contribution in [3.8, 4) is 0 Å². The zero-order chi connectivity index (χ0) is 9.42. The van der Waals surface area contributed by atoms with Gasteiger partial charge in [0.15, 0.2) is 11.4 Å². The largest absolute Gasteiger partial charge is 0.418 e. The maximum absolute atomic E-state index is 13.0. The van der Waals surface area contributed by atoms with Crippen LogP contribution in [0.4, 0.5) is 10.1 Å². The van der Waals surface area contributed by atoms with Crippen LogP contribution in [-0.4, -0.2) is 0 Å². The van der Waals surface area contributed by atoms with Gasteiger partial charge in [0.2, 0.25) is 0 Å². The van der Waals surface area contributed by atoms with Crippen LogP contribution in [0.1, 0.15) is 0 Å². The molecule has 2 rings (SSSR count). The van der Waals surface area contributed by atoms with Gasteiger partial charge in [0.25, 0.3) is 0 Å². The van der Waals surface area contributed by atoms with E-state index in [2.05, 4.69) is 4.42 Å². The first-order valence-corrected chi connectivity index (χ1v) is 3.66. The topological polar surface area (TPSA) is 56.2 Å². The summed E-state index contributed by atoms with van der Waals surface area (Å²) >= 11 is 0. The predicted molar refractivity (Wildman–Crippen MR) is 46.9 cm³/mol. The second-order valence-electron chi connectivity index (χ2n) is 2.65. The van der Waals surface area contributed by atoms with Crippen LogP contribution >= 0.6 is 0 Å². The van der Waals surface area contributed by atoms with Crippen LogP contribution in [0.3, 0.4) is 0 Å². The Bertz CT molecular complexity index is 518. The quantitative estimate of drug-likeness (QED) is 0.623. The molecule has 1 heterocycles. The molecule has 0 bridgehead atoms. The van der Waals surface area contributed by atoms with Crippen molar-refractivity contribution in [1.82, 2.24) is 0 Å². The summed E-state index contributed by atoms with van der Waals surface area (Å²) in [7, 11) is 0. The highest BCUT2D eigenvalue weighted by molar-refractivity contribution is 5.79. The first-order chi connectivity index (χ1) is 6.18. The summed E-state index contributed by atoms with van der Waals surface area (Å²) in [5, 5.41) is 0.483. The summed E-state index contributed by atoms with van der Waals surface area (Å²) in [6.07, 6.45) is 0. The molecule has 0 unspecified atom stereocenters. The first-order valence-electron chi connectivity index (χ1n) is 3.66. The molecule has 1 aromatic heterocycles. The van der Waals surface area contributed by atoms with E-state index in [0.717, 1.165) is 0 Å². The Hall–Kier alpha value is -1.84. The Balaban J connectivity index is 2.97. The van der Waals surface area contributed by atoms with Gasteiger partial charge in [-0.2, -0.15) is 0 Å². The van der Waals surface area contributed by atoms with Crippen LogP contribution in [0.2, 0.25) is 0 Å². The number of rotatable bonds is 0. The number of para-hydroxylation sites is 1. The van der Waals surface area contributed by atoms with Crippen LogP contribution in [0, 0.1) is 5.82 Å². The third-order valence-corrected chi connectivity index (χ3v) is 1.74. The molecule has 0 atom stereocenters.